The molecule has 0 atom stereocenters. The number of sulfonamides is 1. The Hall–Kier alpha value is -1.02. The van der Waals surface area contributed by atoms with E-state index in [0.29, 0.717) is 15.2 Å². The molecular formula is C11H8BrCl2N3O2S. The minimum atomic E-state index is -3.83. The Morgan fingerprint density at radius 1 is 1.25 bits per heavy atom. The number of nitrogens with one attached hydrogen (secondary N) is 1. The summed E-state index contributed by atoms with van der Waals surface area (Å²) in [6.45, 7) is 0. The van der Waals surface area contributed by atoms with E-state index in [0.717, 1.165) is 6.20 Å². The highest BCUT2D eigenvalue weighted by molar-refractivity contribution is 9.10. The number of pyridine rings is 1. The molecule has 1 heterocycles. The van der Waals surface area contributed by atoms with Crippen LogP contribution in [0.25, 0.3) is 0 Å². The lowest BCUT2D eigenvalue weighted by atomic mass is 10.3. The van der Waals surface area contributed by atoms with E-state index in [-0.39, 0.29) is 15.7 Å². The van der Waals surface area contributed by atoms with E-state index in [4.69, 9.17) is 28.9 Å². The lowest BCUT2D eigenvalue weighted by Crippen LogP contribution is -2.14. The zero-order valence-electron chi connectivity index (χ0n) is 9.77. The number of hydrogen-bond donors (Lipinski definition) is 2. The Morgan fingerprint density at radius 3 is 2.60 bits per heavy atom. The predicted octanol–water partition coefficient (Wildman–Crippen LogP) is 3.53. The summed E-state index contributed by atoms with van der Waals surface area (Å²) in [6, 6.07) is 5.97. The third-order valence-electron chi connectivity index (χ3n) is 2.33. The minimum absolute atomic E-state index is 0.0644. The quantitative estimate of drug-likeness (QED) is 0.830. The van der Waals surface area contributed by atoms with Crippen LogP contribution in [0, 0.1) is 0 Å². The van der Waals surface area contributed by atoms with Crippen molar-refractivity contribution in [1.29, 1.82) is 0 Å². The molecule has 2 aromatic rings. The molecule has 1 aromatic heterocycles. The number of rotatable bonds is 3. The van der Waals surface area contributed by atoms with Gasteiger partial charge in [0, 0.05) is 15.7 Å². The van der Waals surface area contributed by atoms with Crippen LogP contribution in [0.1, 0.15) is 0 Å². The van der Waals surface area contributed by atoms with Gasteiger partial charge in [0.05, 0.1) is 10.7 Å². The van der Waals surface area contributed by atoms with Gasteiger partial charge in [-0.05, 0) is 40.2 Å². The summed E-state index contributed by atoms with van der Waals surface area (Å²) in [5.41, 5.74) is 5.76. The Labute approximate surface area is 134 Å². The van der Waals surface area contributed by atoms with Crippen molar-refractivity contribution in [3.05, 3.63) is 45.0 Å². The molecule has 0 fully saturated rings. The summed E-state index contributed by atoms with van der Waals surface area (Å²) < 4.78 is 27.4. The number of nitrogens with two attached hydrogens (primary N) is 1. The van der Waals surface area contributed by atoms with Crippen molar-refractivity contribution in [2.75, 3.05) is 10.5 Å². The van der Waals surface area contributed by atoms with Gasteiger partial charge in [0.2, 0.25) is 0 Å². The number of halogens is 3. The topological polar surface area (TPSA) is 85.1 Å². The molecule has 0 amide bonds. The van der Waals surface area contributed by atoms with Crippen molar-refractivity contribution in [3.8, 4) is 0 Å². The first-order chi connectivity index (χ1) is 9.29. The average Bonchev–Trinajstić information content (AvgIpc) is 2.36. The van der Waals surface area contributed by atoms with Gasteiger partial charge in [-0.15, -0.1) is 0 Å². The molecule has 0 saturated heterocycles. The molecule has 5 nitrogen and oxygen atoms in total. The van der Waals surface area contributed by atoms with E-state index in [1.807, 2.05) is 0 Å². The number of anilines is 2. The van der Waals surface area contributed by atoms with Crippen LogP contribution >= 0.6 is 39.1 Å². The summed E-state index contributed by atoms with van der Waals surface area (Å²) >= 11 is 14.8. The van der Waals surface area contributed by atoms with E-state index in [1.54, 1.807) is 12.1 Å². The molecule has 0 spiro atoms. The van der Waals surface area contributed by atoms with E-state index >= 15 is 0 Å². The maximum Gasteiger partial charge on any atom is 0.263 e. The molecule has 20 heavy (non-hydrogen) atoms. The molecule has 0 unspecified atom stereocenters. The zero-order valence-corrected chi connectivity index (χ0v) is 13.7. The minimum Gasteiger partial charge on any atom is -0.382 e. The molecule has 0 radical (unpaired) electrons. The maximum absolute atomic E-state index is 12.2. The van der Waals surface area contributed by atoms with Gasteiger partial charge in [-0.1, -0.05) is 23.2 Å². The van der Waals surface area contributed by atoms with Crippen LogP contribution in [0.15, 0.2) is 39.8 Å². The molecule has 0 saturated carbocycles. The molecule has 3 N–H and O–H groups in total. The highest BCUT2D eigenvalue weighted by Crippen LogP contribution is 2.29. The molecule has 1 aromatic carbocycles. The van der Waals surface area contributed by atoms with E-state index in [1.165, 1.54) is 12.1 Å². The Kier molecular flexibility index (Phi) is 4.43. The second kappa shape index (κ2) is 5.77. The molecular weight excluding hydrogens is 389 g/mol. The predicted molar refractivity (Wildman–Crippen MR) is 83.6 cm³/mol. The molecule has 106 valence electrons. The maximum atomic E-state index is 12.2. The Morgan fingerprint density at radius 2 is 1.95 bits per heavy atom. The molecule has 2 rings (SSSR count). The van der Waals surface area contributed by atoms with Crippen molar-refractivity contribution < 1.29 is 8.42 Å². The highest BCUT2D eigenvalue weighted by atomic mass is 79.9. The first-order valence-corrected chi connectivity index (χ1v) is 8.22. The van der Waals surface area contributed by atoms with Crippen LogP contribution in [0.2, 0.25) is 10.0 Å². The van der Waals surface area contributed by atoms with Crippen molar-refractivity contribution in [1.82, 2.24) is 4.98 Å². The van der Waals surface area contributed by atoms with Crippen molar-refractivity contribution in [3.63, 3.8) is 0 Å². The van der Waals surface area contributed by atoms with Crippen molar-refractivity contribution in [2.24, 2.45) is 0 Å². The second-order valence-electron chi connectivity index (χ2n) is 3.77. The van der Waals surface area contributed by atoms with E-state index in [2.05, 4.69) is 25.6 Å². The molecule has 0 aliphatic rings. The summed E-state index contributed by atoms with van der Waals surface area (Å²) in [6.07, 6.45) is 1.13. The van der Waals surface area contributed by atoms with Crippen LogP contribution in [0.3, 0.4) is 0 Å². The normalized spacial score (nSPS) is 11.3. The van der Waals surface area contributed by atoms with Gasteiger partial charge in [-0.2, -0.15) is 0 Å². The molecule has 0 bridgehead atoms. The summed E-state index contributed by atoms with van der Waals surface area (Å²) in [4.78, 5) is 3.62. The SMILES string of the molecule is Nc1ncc(S(=O)(=O)Nc2cc(Cl)ccc2Br)cc1Cl. The lowest BCUT2D eigenvalue weighted by Gasteiger charge is -2.10. The number of aromatic nitrogens is 1. The number of benzene rings is 1. The third kappa shape index (κ3) is 3.35. The monoisotopic (exact) mass is 395 g/mol. The van der Waals surface area contributed by atoms with Crippen LogP contribution in [-0.2, 0) is 10.0 Å². The van der Waals surface area contributed by atoms with Gasteiger partial charge in [-0.3, -0.25) is 4.72 Å². The van der Waals surface area contributed by atoms with Crippen LogP contribution in [-0.4, -0.2) is 13.4 Å². The largest absolute Gasteiger partial charge is 0.382 e. The van der Waals surface area contributed by atoms with Crippen LogP contribution in [0.4, 0.5) is 11.5 Å². The highest BCUT2D eigenvalue weighted by Gasteiger charge is 2.17. The van der Waals surface area contributed by atoms with Gasteiger partial charge in [0.1, 0.15) is 10.7 Å². The van der Waals surface area contributed by atoms with Gasteiger partial charge < -0.3 is 5.73 Å². The van der Waals surface area contributed by atoms with Gasteiger partial charge in [0.15, 0.2) is 0 Å². The standard InChI is InChI=1S/C11H8BrCl2N3O2S/c12-8-2-1-6(13)3-10(8)17-20(18,19)7-4-9(14)11(15)16-5-7/h1-5,17H,(H2,15,16). The fourth-order valence-electron chi connectivity index (χ4n) is 1.36. The van der Waals surface area contributed by atoms with Crippen molar-refractivity contribution >= 4 is 60.7 Å². The first-order valence-electron chi connectivity index (χ1n) is 5.18. The summed E-state index contributed by atoms with van der Waals surface area (Å²) in [5, 5.41) is 0.470. The fourth-order valence-corrected chi connectivity index (χ4v) is 3.28. The molecule has 9 heteroatoms. The Balaban J connectivity index is 2.40. The van der Waals surface area contributed by atoms with E-state index < -0.39 is 10.0 Å². The van der Waals surface area contributed by atoms with Crippen molar-refractivity contribution in [2.45, 2.75) is 4.90 Å². The van der Waals surface area contributed by atoms with Gasteiger partial charge in [0.25, 0.3) is 10.0 Å². The molecule has 0 aliphatic carbocycles. The van der Waals surface area contributed by atoms with Crippen LogP contribution in [0.5, 0.6) is 0 Å². The zero-order chi connectivity index (χ0) is 14.9. The van der Waals surface area contributed by atoms with E-state index in [9.17, 15) is 8.42 Å². The number of nitrogens with zero attached hydrogens (tertiary/aromatic N) is 1. The van der Waals surface area contributed by atoms with Gasteiger partial charge in [-0.25, -0.2) is 13.4 Å². The summed E-state index contributed by atoms with van der Waals surface area (Å²) in [7, 11) is -3.83. The molecule has 0 aliphatic heterocycles. The first kappa shape index (κ1) is 15.4. The Bertz CT molecular complexity index is 768. The van der Waals surface area contributed by atoms with Crippen LogP contribution < -0.4 is 10.5 Å². The lowest BCUT2D eigenvalue weighted by molar-refractivity contribution is 0.601. The smallest absolute Gasteiger partial charge is 0.263 e. The third-order valence-corrected chi connectivity index (χ3v) is 4.89. The number of hydrogen-bond acceptors (Lipinski definition) is 4. The number of nitrogen functional groups attached to an aromatic ring is 1. The average molecular weight is 397 g/mol. The van der Waals surface area contributed by atoms with Gasteiger partial charge >= 0.3 is 0 Å². The summed E-state index contributed by atoms with van der Waals surface area (Å²) in [5.74, 6) is 0.0644. The fraction of sp³-hybridized carbons (Fsp3) is 0. The second-order valence-corrected chi connectivity index (χ2v) is 7.15.